The van der Waals surface area contributed by atoms with Crippen molar-refractivity contribution in [1.82, 2.24) is 5.43 Å². The van der Waals surface area contributed by atoms with Gasteiger partial charge in [0, 0.05) is 0 Å². The Morgan fingerprint density at radius 1 is 1.12 bits per heavy atom. The second-order valence-electron chi connectivity index (χ2n) is 5.17. The lowest BCUT2D eigenvalue weighted by molar-refractivity contribution is -0.117. The van der Waals surface area contributed by atoms with Crippen molar-refractivity contribution in [3.8, 4) is 11.5 Å². The first kappa shape index (κ1) is 17.1. The fourth-order valence-corrected chi connectivity index (χ4v) is 2.61. The zero-order valence-corrected chi connectivity index (χ0v) is 14.4. The van der Waals surface area contributed by atoms with Crippen molar-refractivity contribution < 1.29 is 19.4 Å². The number of ether oxygens (including phenoxy) is 1. The van der Waals surface area contributed by atoms with Crippen LogP contribution in [0.15, 0.2) is 42.0 Å². The Balaban J connectivity index is 1.94. The lowest BCUT2D eigenvalue weighted by Crippen LogP contribution is -2.35. The van der Waals surface area contributed by atoms with Gasteiger partial charge in [0.15, 0.2) is 11.5 Å². The first-order chi connectivity index (χ1) is 11.9. The van der Waals surface area contributed by atoms with Crippen LogP contribution in [0.1, 0.15) is 5.56 Å². The van der Waals surface area contributed by atoms with Gasteiger partial charge in [-0.1, -0.05) is 29.3 Å². The molecule has 6 nitrogen and oxygen atoms in total. The largest absolute Gasteiger partial charge is 0.504 e. The standard InChI is InChI=1S/C17H12Cl2N2O4/c1-25-15-7-9(2-5-14(15)22)6-11-16(23)20-21(17(11)24)10-3-4-12(18)13(19)8-10/h2-8,22H,1H3,(H,20,23)/b11-6-. The van der Waals surface area contributed by atoms with Crippen LogP contribution in [0.5, 0.6) is 11.5 Å². The van der Waals surface area contributed by atoms with Gasteiger partial charge in [-0.15, -0.1) is 0 Å². The van der Waals surface area contributed by atoms with Crippen LogP contribution in [0.25, 0.3) is 6.08 Å². The van der Waals surface area contributed by atoms with Crippen LogP contribution in [-0.4, -0.2) is 24.0 Å². The summed E-state index contributed by atoms with van der Waals surface area (Å²) in [6.07, 6.45) is 1.41. The number of anilines is 1. The maximum atomic E-state index is 12.6. The minimum Gasteiger partial charge on any atom is -0.504 e. The molecule has 0 aromatic heterocycles. The van der Waals surface area contributed by atoms with Crippen LogP contribution in [0.2, 0.25) is 10.0 Å². The molecular weight excluding hydrogens is 367 g/mol. The lowest BCUT2D eigenvalue weighted by atomic mass is 10.1. The van der Waals surface area contributed by atoms with Crippen molar-refractivity contribution in [1.29, 1.82) is 0 Å². The van der Waals surface area contributed by atoms with Gasteiger partial charge >= 0.3 is 0 Å². The Morgan fingerprint density at radius 2 is 1.88 bits per heavy atom. The number of hydrogen-bond donors (Lipinski definition) is 2. The van der Waals surface area contributed by atoms with E-state index in [4.69, 9.17) is 27.9 Å². The fraction of sp³-hybridized carbons (Fsp3) is 0.0588. The molecule has 1 saturated heterocycles. The zero-order chi connectivity index (χ0) is 18.1. The fourth-order valence-electron chi connectivity index (χ4n) is 2.31. The molecule has 1 aliphatic heterocycles. The van der Waals surface area contributed by atoms with E-state index in [9.17, 15) is 14.7 Å². The molecule has 0 spiro atoms. The van der Waals surface area contributed by atoms with E-state index in [-0.39, 0.29) is 22.1 Å². The number of nitrogens with one attached hydrogen (secondary N) is 1. The molecule has 0 atom stereocenters. The predicted molar refractivity (Wildman–Crippen MR) is 94.7 cm³/mol. The second-order valence-corrected chi connectivity index (χ2v) is 5.98. The molecule has 3 rings (SSSR count). The second kappa shape index (κ2) is 6.66. The molecule has 0 saturated carbocycles. The SMILES string of the molecule is COc1cc(/C=C2/C(=O)NN(c3ccc(Cl)c(Cl)c3)C2=O)ccc1O. The summed E-state index contributed by atoms with van der Waals surface area (Å²) in [7, 11) is 1.41. The Bertz CT molecular complexity index is 912. The number of amides is 2. The van der Waals surface area contributed by atoms with Crippen LogP contribution in [0, 0.1) is 0 Å². The van der Waals surface area contributed by atoms with Gasteiger partial charge < -0.3 is 9.84 Å². The van der Waals surface area contributed by atoms with Crippen LogP contribution in [0.4, 0.5) is 5.69 Å². The van der Waals surface area contributed by atoms with Crippen LogP contribution in [0.3, 0.4) is 0 Å². The monoisotopic (exact) mass is 378 g/mol. The van der Waals surface area contributed by atoms with Gasteiger partial charge in [-0.05, 0) is 42.0 Å². The molecule has 2 amide bonds. The molecular formula is C17H12Cl2N2O4. The third-order valence-electron chi connectivity index (χ3n) is 3.57. The Labute approximate surface area is 153 Å². The number of phenolic OH excluding ortho intramolecular Hbond substituents is 1. The maximum absolute atomic E-state index is 12.6. The zero-order valence-electron chi connectivity index (χ0n) is 12.9. The highest BCUT2D eigenvalue weighted by Crippen LogP contribution is 2.30. The minimum absolute atomic E-state index is 0.0377. The molecule has 2 aromatic rings. The van der Waals surface area contributed by atoms with Crippen molar-refractivity contribution in [3.63, 3.8) is 0 Å². The quantitative estimate of drug-likeness (QED) is 0.634. The van der Waals surface area contributed by atoms with E-state index in [0.717, 1.165) is 5.01 Å². The van der Waals surface area contributed by atoms with E-state index in [1.165, 1.54) is 37.5 Å². The molecule has 1 aliphatic rings. The average molecular weight is 379 g/mol. The van der Waals surface area contributed by atoms with Gasteiger partial charge in [-0.25, -0.2) is 5.01 Å². The average Bonchev–Trinajstić information content (AvgIpc) is 2.87. The van der Waals surface area contributed by atoms with Crippen molar-refractivity contribution >= 4 is 46.8 Å². The molecule has 0 unspecified atom stereocenters. The van der Waals surface area contributed by atoms with Crippen molar-refractivity contribution in [2.45, 2.75) is 0 Å². The van der Waals surface area contributed by atoms with Gasteiger partial charge in [-0.2, -0.15) is 0 Å². The highest BCUT2D eigenvalue weighted by Gasteiger charge is 2.34. The number of benzene rings is 2. The van der Waals surface area contributed by atoms with E-state index in [1.807, 2.05) is 0 Å². The number of hydrogen-bond acceptors (Lipinski definition) is 4. The molecule has 2 N–H and O–H groups in total. The summed E-state index contributed by atoms with van der Waals surface area (Å²) in [5, 5.41) is 11.3. The number of carbonyl (C=O) groups is 2. The summed E-state index contributed by atoms with van der Waals surface area (Å²) in [5.41, 5.74) is 3.33. The van der Waals surface area contributed by atoms with Gasteiger partial charge in [0.05, 0.1) is 22.8 Å². The molecule has 0 aliphatic carbocycles. The molecule has 1 heterocycles. The summed E-state index contributed by atoms with van der Waals surface area (Å²) >= 11 is 11.8. The van der Waals surface area contributed by atoms with Gasteiger partial charge in [-0.3, -0.25) is 15.0 Å². The number of halogens is 2. The lowest BCUT2D eigenvalue weighted by Gasteiger charge is -2.15. The molecule has 128 valence electrons. The van der Waals surface area contributed by atoms with E-state index in [1.54, 1.807) is 12.1 Å². The summed E-state index contributed by atoms with van der Waals surface area (Å²) in [5.74, 6) is -0.885. The van der Waals surface area contributed by atoms with Crippen LogP contribution >= 0.6 is 23.2 Å². The van der Waals surface area contributed by atoms with Crippen LogP contribution < -0.4 is 15.2 Å². The minimum atomic E-state index is -0.553. The molecule has 25 heavy (non-hydrogen) atoms. The topological polar surface area (TPSA) is 78.9 Å². The first-order valence-corrected chi connectivity index (χ1v) is 7.85. The molecule has 8 heteroatoms. The number of rotatable bonds is 3. The summed E-state index contributed by atoms with van der Waals surface area (Å²) in [4.78, 5) is 24.7. The Morgan fingerprint density at radius 3 is 2.56 bits per heavy atom. The highest BCUT2D eigenvalue weighted by molar-refractivity contribution is 6.42. The number of nitrogens with zero attached hydrogens (tertiary/aromatic N) is 1. The van der Waals surface area contributed by atoms with Crippen molar-refractivity contribution in [3.05, 3.63) is 57.6 Å². The Kier molecular flexibility index (Phi) is 4.57. The number of hydrazine groups is 1. The maximum Gasteiger partial charge on any atom is 0.282 e. The number of aromatic hydroxyl groups is 1. The first-order valence-electron chi connectivity index (χ1n) is 7.10. The summed E-state index contributed by atoms with van der Waals surface area (Å²) in [6.45, 7) is 0. The third kappa shape index (κ3) is 3.26. The van der Waals surface area contributed by atoms with Crippen molar-refractivity contribution in [2.75, 3.05) is 12.1 Å². The molecule has 1 fully saturated rings. The van der Waals surface area contributed by atoms with Crippen LogP contribution in [-0.2, 0) is 9.59 Å². The predicted octanol–water partition coefficient (Wildman–Crippen LogP) is 3.17. The van der Waals surface area contributed by atoms with Crippen molar-refractivity contribution in [2.24, 2.45) is 0 Å². The van der Waals surface area contributed by atoms with E-state index in [0.29, 0.717) is 16.3 Å². The summed E-state index contributed by atoms with van der Waals surface area (Å²) in [6, 6.07) is 9.08. The Hall–Kier alpha value is -2.70. The van der Waals surface area contributed by atoms with E-state index >= 15 is 0 Å². The highest BCUT2D eigenvalue weighted by atomic mass is 35.5. The molecule has 0 bridgehead atoms. The van der Waals surface area contributed by atoms with Gasteiger partial charge in [0.1, 0.15) is 5.57 Å². The number of carbonyl (C=O) groups excluding carboxylic acids is 2. The molecule has 0 radical (unpaired) electrons. The van der Waals surface area contributed by atoms with E-state index in [2.05, 4.69) is 5.43 Å². The number of phenols is 1. The summed E-state index contributed by atoms with van der Waals surface area (Å²) < 4.78 is 5.02. The third-order valence-corrected chi connectivity index (χ3v) is 4.31. The smallest absolute Gasteiger partial charge is 0.282 e. The normalized spacial score (nSPS) is 15.6. The molecule has 2 aromatic carbocycles. The van der Waals surface area contributed by atoms with E-state index < -0.39 is 11.8 Å². The number of methoxy groups -OCH3 is 1. The van der Waals surface area contributed by atoms with Gasteiger partial charge in [0.25, 0.3) is 11.8 Å². The van der Waals surface area contributed by atoms with Gasteiger partial charge in [0.2, 0.25) is 0 Å².